The number of nitrogens with zero attached hydrogens (tertiary/aromatic N) is 2. The van der Waals surface area contributed by atoms with Crippen LogP contribution in [0.5, 0.6) is 5.75 Å². The highest BCUT2D eigenvalue weighted by Gasteiger charge is 2.21. The molecule has 1 N–H and O–H groups in total. The molecule has 0 radical (unpaired) electrons. The maximum atomic E-state index is 11.8. The van der Waals surface area contributed by atoms with Crippen molar-refractivity contribution < 1.29 is 19.4 Å². The summed E-state index contributed by atoms with van der Waals surface area (Å²) in [6.07, 6.45) is 1.97. The standard InChI is InChI=1S/C15H18N2O4/c1-21-13-5-3-2-4-12(13)16-8-10-17(11-9-16)14(18)6-7-15(19)20/h2-7H,8-11H2,1H3,(H,19,20)/b7-6-. The van der Waals surface area contributed by atoms with Gasteiger partial charge in [0.1, 0.15) is 5.75 Å². The molecule has 6 nitrogen and oxygen atoms in total. The van der Waals surface area contributed by atoms with E-state index in [9.17, 15) is 9.59 Å². The molecule has 0 bridgehead atoms. The van der Waals surface area contributed by atoms with Crippen LogP contribution in [-0.4, -0.2) is 55.2 Å². The number of carboxylic acids is 1. The summed E-state index contributed by atoms with van der Waals surface area (Å²) in [5.74, 6) is -0.573. The smallest absolute Gasteiger partial charge is 0.328 e. The number of ether oxygens (including phenoxy) is 1. The van der Waals surface area contributed by atoms with E-state index < -0.39 is 5.97 Å². The number of rotatable bonds is 4. The molecule has 2 rings (SSSR count). The van der Waals surface area contributed by atoms with Gasteiger partial charge in [-0.25, -0.2) is 4.79 Å². The van der Waals surface area contributed by atoms with Gasteiger partial charge in [0.15, 0.2) is 0 Å². The topological polar surface area (TPSA) is 70.1 Å². The van der Waals surface area contributed by atoms with E-state index in [2.05, 4.69) is 4.90 Å². The van der Waals surface area contributed by atoms with Gasteiger partial charge in [-0.3, -0.25) is 4.79 Å². The quantitative estimate of drug-likeness (QED) is 0.837. The van der Waals surface area contributed by atoms with E-state index in [0.29, 0.717) is 26.2 Å². The van der Waals surface area contributed by atoms with Gasteiger partial charge in [-0.1, -0.05) is 12.1 Å². The van der Waals surface area contributed by atoms with Crippen molar-refractivity contribution in [3.05, 3.63) is 36.4 Å². The molecule has 1 aliphatic heterocycles. The van der Waals surface area contributed by atoms with E-state index in [1.807, 2.05) is 24.3 Å². The molecule has 0 aromatic heterocycles. The first-order valence-corrected chi connectivity index (χ1v) is 6.69. The Kier molecular flexibility index (Phi) is 4.81. The van der Waals surface area contributed by atoms with E-state index in [1.54, 1.807) is 12.0 Å². The number of benzene rings is 1. The fourth-order valence-electron chi connectivity index (χ4n) is 2.31. The number of para-hydroxylation sites is 2. The number of amides is 1. The van der Waals surface area contributed by atoms with Gasteiger partial charge < -0.3 is 19.6 Å². The number of aliphatic carboxylic acids is 1. The maximum absolute atomic E-state index is 11.8. The van der Waals surface area contributed by atoms with E-state index in [4.69, 9.17) is 9.84 Å². The number of carboxylic acid groups (broad SMARTS) is 1. The number of hydrogen-bond acceptors (Lipinski definition) is 4. The van der Waals surface area contributed by atoms with E-state index >= 15 is 0 Å². The van der Waals surface area contributed by atoms with Gasteiger partial charge in [0.2, 0.25) is 5.91 Å². The highest BCUT2D eigenvalue weighted by atomic mass is 16.5. The first-order chi connectivity index (χ1) is 10.1. The van der Waals surface area contributed by atoms with Crippen LogP contribution >= 0.6 is 0 Å². The first kappa shape index (κ1) is 14.9. The van der Waals surface area contributed by atoms with Crippen LogP contribution in [0, 0.1) is 0 Å². The summed E-state index contributed by atoms with van der Waals surface area (Å²) in [5, 5.41) is 8.53. The lowest BCUT2D eigenvalue weighted by Gasteiger charge is -2.36. The van der Waals surface area contributed by atoms with Crippen LogP contribution in [0.2, 0.25) is 0 Å². The highest BCUT2D eigenvalue weighted by molar-refractivity contribution is 5.94. The third kappa shape index (κ3) is 3.75. The summed E-state index contributed by atoms with van der Waals surface area (Å²) in [7, 11) is 1.63. The summed E-state index contributed by atoms with van der Waals surface area (Å²) in [6.45, 7) is 2.49. The van der Waals surface area contributed by atoms with Gasteiger partial charge >= 0.3 is 5.97 Å². The van der Waals surface area contributed by atoms with E-state index in [0.717, 1.165) is 23.6 Å². The van der Waals surface area contributed by atoms with Crippen molar-refractivity contribution in [2.45, 2.75) is 0 Å². The molecule has 1 aromatic carbocycles. The summed E-state index contributed by atoms with van der Waals surface area (Å²) >= 11 is 0. The number of hydrogen-bond donors (Lipinski definition) is 1. The second-order valence-corrected chi connectivity index (χ2v) is 4.66. The average Bonchev–Trinajstić information content (AvgIpc) is 2.52. The molecule has 1 saturated heterocycles. The minimum absolute atomic E-state index is 0.267. The number of carbonyl (C=O) groups is 2. The average molecular weight is 290 g/mol. The van der Waals surface area contributed by atoms with Gasteiger partial charge in [0.05, 0.1) is 12.8 Å². The maximum Gasteiger partial charge on any atom is 0.328 e. The Morgan fingerprint density at radius 1 is 1.14 bits per heavy atom. The van der Waals surface area contributed by atoms with Crippen molar-refractivity contribution in [2.75, 3.05) is 38.2 Å². The lowest BCUT2D eigenvalue weighted by molar-refractivity contribution is -0.132. The molecular formula is C15H18N2O4. The molecule has 0 unspecified atom stereocenters. The van der Waals surface area contributed by atoms with E-state index in [-0.39, 0.29) is 5.91 Å². The van der Waals surface area contributed by atoms with Crippen molar-refractivity contribution in [3.63, 3.8) is 0 Å². The Hall–Kier alpha value is -2.50. The number of methoxy groups -OCH3 is 1. The molecule has 0 saturated carbocycles. The lowest BCUT2D eigenvalue weighted by Crippen LogP contribution is -2.48. The minimum atomic E-state index is -1.11. The monoisotopic (exact) mass is 290 g/mol. The minimum Gasteiger partial charge on any atom is -0.495 e. The molecule has 1 amide bonds. The van der Waals surface area contributed by atoms with Gasteiger partial charge in [0, 0.05) is 38.3 Å². The third-order valence-corrected chi connectivity index (χ3v) is 3.39. The van der Waals surface area contributed by atoms with Crippen molar-refractivity contribution in [1.29, 1.82) is 0 Å². The van der Waals surface area contributed by atoms with Gasteiger partial charge in [-0.15, -0.1) is 0 Å². The third-order valence-electron chi connectivity index (χ3n) is 3.39. The molecule has 112 valence electrons. The van der Waals surface area contributed by atoms with Crippen LogP contribution in [0.3, 0.4) is 0 Å². The largest absolute Gasteiger partial charge is 0.495 e. The van der Waals surface area contributed by atoms with E-state index in [1.165, 1.54) is 0 Å². The van der Waals surface area contributed by atoms with Crippen LogP contribution in [0.25, 0.3) is 0 Å². The fourth-order valence-corrected chi connectivity index (χ4v) is 2.31. The summed E-state index contributed by atoms with van der Waals surface area (Å²) in [4.78, 5) is 26.0. The zero-order valence-electron chi connectivity index (χ0n) is 11.9. The summed E-state index contributed by atoms with van der Waals surface area (Å²) in [6, 6.07) is 7.76. The number of anilines is 1. The molecule has 1 fully saturated rings. The fraction of sp³-hybridized carbons (Fsp3) is 0.333. The van der Waals surface area contributed by atoms with Crippen molar-refractivity contribution >= 4 is 17.6 Å². The van der Waals surface area contributed by atoms with Gasteiger partial charge in [0.25, 0.3) is 0 Å². The molecular weight excluding hydrogens is 272 g/mol. The Bertz CT molecular complexity index is 548. The molecule has 21 heavy (non-hydrogen) atoms. The molecule has 1 aliphatic rings. The molecule has 1 heterocycles. The second kappa shape index (κ2) is 6.78. The highest BCUT2D eigenvalue weighted by Crippen LogP contribution is 2.28. The van der Waals surface area contributed by atoms with Crippen LogP contribution < -0.4 is 9.64 Å². The Balaban J connectivity index is 1.97. The second-order valence-electron chi connectivity index (χ2n) is 4.66. The molecule has 0 atom stereocenters. The zero-order valence-corrected chi connectivity index (χ0v) is 11.9. The van der Waals surface area contributed by atoms with Gasteiger partial charge in [-0.2, -0.15) is 0 Å². The number of piperazine rings is 1. The zero-order chi connectivity index (χ0) is 15.2. The van der Waals surface area contributed by atoms with Crippen LogP contribution in [0.15, 0.2) is 36.4 Å². The van der Waals surface area contributed by atoms with Crippen LogP contribution in [0.4, 0.5) is 5.69 Å². The van der Waals surface area contributed by atoms with Crippen molar-refractivity contribution in [1.82, 2.24) is 4.90 Å². The Morgan fingerprint density at radius 2 is 1.81 bits per heavy atom. The molecule has 6 heteroatoms. The summed E-state index contributed by atoms with van der Waals surface area (Å²) < 4.78 is 5.34. The van der Waals surface area contributed by atoms with Crippen LogP contribution in [0.1, 0.15) is 0 Å². The summed E-state index contributed by atoms with van der Waals surface area (Å²) in [5.41, 5.74) is 1.01. The Labute approximate surface area is 123 Å². The molecule has 0 spiro atoms. The van der Waals surface area contributed by atoms with Gasteiger partial charge in [-0.05, 0) is 12.1 Å². The normalized spacial score (nSPS) is 15.3. The predicted molar refractivity (Wildman–Crippen MR) is 78.6 cm³/mol. The lowest BCUT2D eigenvalue weighted by atomic mass is 10.2. The van der Waals surface area contributed by atoms with Crippen molar-refractivity contribution in [3.8, 4) is 5.75 Å². The predicted octanol–water partition coefficient (Wildman–Crippen LogP) is 0.985. The van der Waals surface area contributed by atoms with Crippen molar-refractivity contribution in [2.24, 2.45) is 0 Å². The SMILES string of the molecule is COc1ccccc1N1CCN(C(=O)/C=C\C(=O)O)CC1. The first-order valence-electron chi connectivity index (χ1n) is 6.69. The molecule has 0 aliphatic carbocycles. The van der Waals surface area contributed by atoms with Crippen LogP contribution in [-0.2, 0) is 9.59 Å². The Morgan fingerprint density at radius 3 is 2.43 bits per heavy atom. The molecule has 1 aromatic rings. The number of carbonyl (C=O) groups excluding carboxylic acids is 1.